The van der Waals surface area contributed by atoms with Crippen molar-refractivity contribution in [2.75, 3.05) is 12.9 Å². The molecule has 5 rings (SSSR count). The highest BCUT2D eigenvalue weighted by molar-refractivity contribution is 8.01. The van der Waals surface area contributed by atoms with Gasteiger partial charge in [0.25, 0.3) is 0 Å². The summed E-state index contributed by atoms with van der Waals surface area (Å²) in [5.74, 6) is 0.855. The molecule has 0 unspecified atom stereocenters. The molecule has 1 N–H and O–H groups in total. The van der Waals surface area contributed by atoms with Crippen molar-refractivity contribution in [3.05, 3.63) is 102 Å². The molecule has 0 saturated heterocycles. The number of hydrogen-bond acceptors (Lipinski definition) is 7. The Balaban J connectivity index is 1.24. The van der Waals surface area contributed by atoms with Gasteiger partial charge in [-0.2, -0.15) is 0 Å². The minimum Gasteiger partial charge on any atom is -0.504 e. The van der Waals surface area contributed by atoms with Gasteiger partial charge in [0, 0.05) is 17.3 Å². The predicted molar refractivity (Wildman–Crippen MR) is 148 cm³/mol. The monoisotopic (exact) mass is 510 g/mol. The van der Waals surface area contributed by atoms with E-state index in [4.69, 9.17) is 4.74 Å². The first-order valence-corrected chi connectivity index (χ1v) is 13.0. The van der Waals surface area contributed by atoms with Crippen LogP contribution in [-0.4, -0.2) is 35.0 Å². The number of aromatic hydroxyl groups is 1. The first-order chi connectivity index (χ1) is 17.6. The molecule has 36 heavy (non-hydrogen) atoms. The van der Waals surface area contributed by atoms with E-state index in [1.807, 2.05) is 60.7 Å². The van der Waals surface area contributed by atoms with Crippen molar-refractivity contribution >= 4 is 51.0 Å². The number of thioether (sulfide) groups is 1. The molecule has 0 radical (unpaired) electrons. The Bertz CT molecular complexity index is 1540. The minimum absolute atomic E-state index is 0.0562. The number of ether oxygens (including phenoxy) is 1. The van der Waals surface area contributed by atoms with Crippen LogP contribution >= 0.6 is 23.1 Å². The van der Waals surface area contributed by atoms with E-state index in [1.54, 1.807) is 24.4 Å². The summed E-state index contributed by atoms with van der Waals surface area (Å²) in [5.41, 5.74) is 5.10. The first kappa shape index (κ1) is 23.8. The Kier molecular flexibility index (Phi) is 7.11. The van der Waals surface area contributed by atoms with Gasteiger partial charge in [0.15, 0.2) is 21.6 Å². The number of benzene rings is 4. The van der Waals surface area contributed by atoms with Crippen LogP contribution in [0, 0.1) is 0 Å². The maximum atomic E-state index is 12.7. The molecule has 4 aromatic carbocycles. The van der Waals surface area contributed by atoms with E-state index in [0.717, 1.165) is 31.4 Å². The smallest absolute Gasteiger partial charge is 0.173 e. The Morgan fingerprint density at radius 2 is 1.78 bits per heavy atom. The summed E-state index contributed by atoms with van der Waals surface area (Å²) in [6.07, 6.45) is 1.61. The summed E-state index contributed by atoms with van der Waals surface area (Å²) in [4.78, 5) is 21.9. The van der Waals surface area contributed by atoms with Crippen LogP contribution in [0.4, 0.5) is 5.69 Å². The molecule has 1 aromatic heterocycles. The van der Waals surface area contributed by atoms with Gasteiger partial charge < -0.3 is 9.84 Å². The number of fused-ring (bicyclic) bond motifs is 1. The predicted octanol–water partition coefficient (Wildman–Crippen LogP) is 7.40. The van der Waals surface area contributed by atoms with Crippen LogP contribution < -0.4 is 4.74 Å². The highest BCUT2D eigenvalue weighted by atomic mass is 32.2. The number of rotatable bonds is 8. The molecule has 0 bridgehead atoms. The van der Waals surface area contributed by atoms with E-state index in [2.05, 4.69) is 22.1 Å². The molecule has 5 aromatic rings. The second-order valence-electron chi connectivity index (χ2n) is 7.94. The number of phenolic OH excluding ortho intramolecular Hbond substituents is 1. The van der Waals surface area contributed by atoms with Gasteiger partial charge in [-0.25, -0.2) is 4.98 Å². The van der Waals surface area contributed by atoms with Gasteiger partial charge in [-0.15, -0.1) is 11.3 Å². The lowest BCUT2D eigenvalue weighted by Crippen LogP contribution is -2.01. The Labute approximate surface area is 217 Å². The number of aliphatic imine (C=N–C) groups is 1. The first-order valence-electron chi connectivity index (χ1n) is 11.2. The van der Waals surface area contributed by atoms with Crippen LogP contribution in [0.3, 0.4) is 0 Å². The summed E-state index contributed by atoms with van der Waals surface area (Å²) in [6, 6.07) is 28.9. The van der Waals surface area contributed by atoms with Crippen LogP contribution in [0.2, 0.25) is 0 Å². The van der Waals surface area contributed by atoms with Crippen molar-refractivity contribution in [2.45, 2.75) is 4.34 Å². The van der Waals surface area contributed by atoms with Crippen molar-refractivity contribution in [1.82, 2.24) is 4.98 Å². The molecule has 0 fully saturated rings. The standard InChI is InChI=1S/C29H22N2O3S2/c1-34-26-9-5-8-22(28(26)33)17-30-23-14-15-24-27(16-23)36-29(31-24)35-18-25(32)21-12-10-20(11-13-21)19-6-3-2-4-7-19/h2-17,33H,18H2,1H3. The number of carbonyl (C=O) groups excluding carboxylic acids is 1. The Hall–Kier alpha value is -3.94. The van der Waals surface area contributed by atoms with Gasteiger partial charge >= 0.3 is 0 Å². The molecular formula is C29H22N2O3S2. The molecule has 0 amide bonds. The molecule has 1 heterocycles. The Morgan fingerprint density at radius 1 is 1.00 bits per heavy atom. The second kappa shape index (κ2) is 10.8. The van der Waals surface area contributed by atoms with Crippen molar-refractivity contribution in [2.24, 2.45) is 4.99 Å². The number of thiazole rings is 1. The van der Waals surface area contributed by atoms with Gasteiger partial charge in [-0.05, 0) is 41.5 Å². The second-order valence-corrected chi connectivity index (χ2v) is 10.2. The van der Waals surface area contributed by atoms with Crippen molar-refractivity contribution < 1.29 is 14.6 Å². The number of ketones is 1. The van der Waals surface area contributed by atoms with E-state index >= 15 is 0 Å². The molecule has 0 aliphatic rings. The van der Waals surface area contributed by atoms with Crippen LogP contribution in [0.5, 0.6) is 11.5 Å². The van der Waals surface area contributed by atoms with Crippen molar-refractivity contribution in [3.8, 4) is 22.6 Å². The average Bonchev–Trinajstić information content (AvgIpc) is 3.34. The largest absolute Gasteiger partial charge is 0.504 e. The zero-order valence-electron chi connectivity index (χ0n) is 19.4. The van der Waals surface area contributed by atoms with Gasteiger partial charge in [-0.3, -0.25) is 9.79 Å². The number of aromatic nitrogens is 1. The zero-order valence-corrected chi connectivity index (χ0v) is 21.1. The van der Waals surface area contributed by atoms with Gasteiger partial charge in [0.05, 0.1) is 28.8 Å². The van der Waals surface area contributed by atoms with Crippen LogP contribution in [0.1, 0.15) is 15.9 Å². The maximum Gasteiger partial charge on any atom is 0.173 e. The molecule has 5 nitrogen and oxygen atoms in total. The van der Waals surface area contributed by atoms with Crippen molar-refractivity contribution in [1.29, 1.82) is 0 Å². The zero-order chi connectivity index (χ0) is 24.9. The number of nitrogens with zero attached hydrogens (tertiary/aromatic N) is 2. The summed E-state index contributed by atoms with van der Waals surface area (Å²) in [6.45, 7) is 0. The third-order valence-electron chi connectivity index (χ3n) is 5.60. The topological polar surface area (TPSA) is 71.8 Å². The lowest BCUT2D eigenvalue weighted by Gasteiger charge is -2.04. The Morgan fingerprint density at radius 3 is 2.56 bits per heavy atom. The molecular weight excluding hydrogens is 488 g/mol. The van der Waals surface area contributed by atoms with E-state index in [9.17, 15) is 9.90 Å². The molecule has 7 heteroatoms. The number of methoxy groups -OCH3 is 1. The highest BCUT2D eigenvalue weighted by Gasteiger charge is 2.11. The van der Waals surface area contributed by atoms with E-state index in [0.29, 0.717) is 22.6 Å². The fraction of sp³-hybridized carbons (Fsp3) is 0.0690. The van der Waals surface area contributed by atoms with Crippen LogP contribution in [0.25, 0.3) is 21.3 Å². The number of hydrogen-bond donors (Lipinski definition) is 1. The van der Waals surface area contributed by atoms with E-state index in [1.165, 1.54) is 30.2 Å². The molecule has 0 aliphatic carbocycles. The highest BCUT2D eigenvalue weighted by Crippen LogP contribution is 2.33. The van der Waals surface area contributed by atoms with Gasteiger partial charge in [0.1, 0.15) is 0 Å². The molecule has 178 valence electrons. The van der Waals surface area contributed by atoms with Gasteiger partial charge in [0.2, 0.25) is 0 Å². The summed E-state index contributed by atoms with van der Waals surface area (Å²) >= 11 is 2.98. The fourth-order valence-corrected chi connectivity index (χ4v) is 5.67. The molecule has 0 aliphatic heterocycles. The lowest BCUT2D eigenvalue weighted by atomic mass is 10.0. The van der Waals surface area contributed by atoms with E-state index in [-0.39, 0.29) is 11.5 Å². The summed E-state index contributed by atoms with van der Waals surface area (Å²) in [5, 5.41) is 10.2. The molecule has 0 saturated carbocycles. The third kappa shape index (κ3) is 5.32. The van der Waals surface area contributed by atoms with Crippen LogP contribution in [0.15, 0.2) is 100 Å². The number of Topliss-reactive ketones (excluding diaryl/α,β-unsaturated/α-hetero) is 1. The maximum absolute atomic E-state index is 12.7. The van der Waals surface area contributed by atoms with Gasteiger partial charge in [-0.1, -0.05) is 72.4 Å². The number of carbonyl (C=O) groups is 1. The minimum atomic E-state index is 0.0562. The number of phenols is 1. The summed E-state index contributed by atoms with van der Waals surface area (Å²) in [7, 11) is 1.51. The molecule has 0 spiro atoms. The lowest BCUT2D eigenvalue weighted by molar-refractivity contribution is 0.102. The SMILES string of the molecule is COc1cccc(C=Nc2ccc3nc(SCC(=O)c4ccc(-c5ccccc5)cc4)sc3c2)c1O. The average molecular weight is 511 g/mol. The normalized spacial score (nSPS) is 11.2. The van der Waals surface area contributed by atoms with E-state index < -0.39 is 0 Å². The number of para-hydroxylation sites is 1. The van der Waals surface area contributed by atoms with Crippen LogP contribution in [-0.2, 0) is 0 Å². The molecule has 0 atom stereocenters. The quantitative estimate of drug-likeness (QED) is 0.134. The fourth-order valence-electron chi connectivity index (χ4n) is 3.68. The summed E-state index contributed by atoms with van der Waals surface area (Å²) < 4.78 is 6.97. The van der Waals surface area contributed by atoms with Crippen molar-refractivity contribution in [3.63, 3.8) is 0 Å². The third-order valence-corrected chi connectivity index (χ3v) is 7.76.